The van der Waals surface area contributed by atoms with Gasteiger partial charge in [-0.1, -0.05) is 0 Å². The molecule has 4 nitrogen and oxygen atoms in total. The molecular formula is C16H24N2O2. The number of furan rings is 1. The summed E-state index contributed by atoms with van der Waals surface area (Å²) in [6.07, 6.45) is 4.89. The van der Waals surface area contributed by atoms with Crippen LogP contribution < -0.4 is 5.32 Å². The van der Waals surface area contributed by atoms with Crippen LogP contribution in [0.1, 0.15) is 47.6 Å². The Morgan fingerprint density at radius 1 is 1.30 bits per heavy atom. The molecule has 110 valence electrons. The standard InChI is InChI=1S/C16H24N2O2/c1-11-9-12(2)20-15(11)16(19)18-7-5-14(6-8-18)17-10-13-3-4-13/h9,13-14,17H,3-8,10H2,1-2H3. The average Bonchev–Trinajstić information content (AvgIpc) is 3.21. The van der Waals surface area contributed by atoms with E-state index in [1.165, 1.54) is 12.8 Å². The predicted molar refractivity (Wildman–Crippen MR) is 77.8 cm³/mol. The van der Waals surface area contributed by atoms with Gasteiger partial charge in [-0.25, -0.2) is 0 Å². The van der Waals surface area contributed by atoms with E-state index in [0.717, 1.165) is 49.7 Å². The second-order valence-electron chi connectivity index (χ2n) is 6.29. The lowest BCUT2D eigenvalue weighted by atomic mass is 10.0. The van der Waals surface area contributed by atoms with E-state index < -0.39 is 0 Å². The second-order valence-corrected chi connectivity index (χ2v) is 6.29. The van der Waals surface area contributed by atoms with Crippen LogP contribution in [0.25, 0.3) is 0 Å². The van der Waals surface area contributed by atoms with Gasteiger partial charge in [-0.2, -0.15) is 0 Å². The largest absolute Gasteiger partial charge is 0.456 e. The van der Waals surface area contributed by atoms with Crippen molar-refractivity contribution >= 4 is 5.91 Å². The number of carbonyl (C=O) groups is 1. The number of nitrogens with one attached hydrogen (secondary N) is 1. The summed E-state index contributed by atoms with van der Waals surface area (Å²) >= 11 is 0. The van der Waals surface area contributed by atoms with Gasteiger partial charge in [0, 0.05) is 24.7 Å². The van der Waals surface area contributed by atoms with Crippen LogP contribution in [0, 0.1) is 19.8 Å². The molecule has 0 atom stereocenters. The fourth-order valence-electron chi connectivity index (χ4n) is 2.94. The molecule has 1 amide bonds. The first-order valence-electron chi connectivity index (χ1n) is 7.73. The number of aryl methyl sites for hydroxylation is 2. The van der Waals surface area contributed by atoms with Crippen LogP contribution in [0.2, 0.25) is 0 Å². The maximum atomic E-state index is 12.4. The first-order chi connectivity index (χ1) is 9.63. The number of nitrogens with zero attached hydrogens (tertiary/aromatic N) is 1. The summed E-state index contributed by atoms with van der Waals surface area (Å²) in [4.78, 5) is 14.4. The van der Waals surface area contributed by atoms with Crippen molar-refractivity contribution in [3.8, 4) is 0 Å². The van der Waals surface area contributed by atoms with E-state index in [-0.39, 0.29) is 5.91 Å². The Balaban J connectivity index is 1.51. The summed E-state index contributed by atoms with van der Waals surface area (Å²) in [5.74, 6) is 2.30. The molecule has 1 N–H and O–H groups in total. The van der Waals surface area contributed by atoms with Crippen LogP contribution in [-0.4, -0.2) is 36.5 Å². The topological polar surface area (TPSA) is 45.5 Å². The molecule has 0 bridgehead atoms. The third-order valence-corrected chi connectivity index (χ3v) is 4.41. The highest BCUT2D eigenvalue weighted by molar-refractivity contribution is 5.93. The molecule has 2 fully saturated rings. The number of hydrogen-bond donors (Lipinski definition) is 1. The van der Waals surface area contributed by atoms with Gasteiger partial charge in [-0.3, -0.25) is 4.79 Å². The van der Waals surface area contributed by atoms with Crippen LogP contribution in [0.5, 0.6) is 0 Å². The molecule has 0 radical (unpaired) electrons. The van der Waals surface area contributed by atoms with Gasteiger partial charge in [-0.15, -0.1) is 0 Å². The predicted octanol–water partition coefficient (Wildman–Crippen LogP) is 2.50. The number of rotatable bonds is 4. The molecule has 1 saturated heterocycles. The van der Waals surface area contributed by atoms with E-state index in [4.69, 9.17) is 4.42 Å². The highest BCUT2D eigenvalue weighted by Crippen LogP contribution is 2.28. The highest BCUT2D eigenvalue weighted by Gasteiger charge is 2.28. The summed E-state index contributed by atoms with van der Waals surface area (Å²) in [5.41, 5.74) is 0.946. The third-order valence-electron chi connectivity index (χ3n) is 4.41. The number of likely N-dealkylation sites (tertiary alicyclic amines) is 1. The Morgan fingerprint density at radius 2 is 2.00 bits per heavy atom. The smallest absolute Gasteiger partial charge is 0.289 e. The monoisotopic (exact) mass is 276 g/mol. The Morgan fingerprint density at radius 3 is 2.55 bits per heavy atom. The van der Waals surface area contributed by atoms with Crippen LogP contribution >= 0.6 is 0 Å². The maximum absolute atomic E-state index is 12.4. The van der Waals surface area contributed by atoms with Gasteiger partial charge in [0.1, 0.15) is 5.76 Å². The van der Waals surface area contributed by atoms with Crippen molar-refractivity contribution in [3.63, 3.8) is 0 Å². The van der Waals surface area contributed by atoms with Crippen molar-refractivity contribution in [2.24, 2.45) is 5.92 Å². The van der Waals surface area contributed by atoms with E-state index in [9.17, 15) is 4.79 Å². The molecule has 1 aromatic rings. The molecular weight excluding hydrogens is 252 g/mol. The number of amides is 1. The highest BCUT2D eigenvalue weighted by atomic mass is 16.4. The van der Waals surface area contributed by atoms with Gasteiger partial charge < -0.3 is 14.6 Å². The molecule has 1 aromatic heterocycles. The van der Waals surface area contributed by atoms with Crippen molar-refractivity contribution in [1.29, 1.82) is 0 Å². The quantitative estimate of drug-likeness (QED) is 0.919. The van der Waals surface area contributed by atoms with E-state index >= 15 is 0 Å². The van der Waals surface area contributed by atoms with E-state index in [0.29, 0.717) is 11.8 Å². The fraction of sp³-hybridized carbons (Fsp3) is 0.688. The van der Waals surface area contributed by atoms with Crippen LogP contribution in [-0.2, 0) is 0 Å². The van der Waals surface area contributed by atoms with Gasteiger partial charge in [0.15, 0.2) is 5.76 Å². The Hall–Kier alpha value is -1.29. The molecule has 4 heteroatoms. The zero-order valence-electron chi connectivity index (χ0n) is 12.4. The van der Waals surface area contributed by atoms with E-state index in [1.54, 1.807) is 0 Å². The van der Waals surface area contributed by atoms with E-state index in [1.807, 2.05) is 24.8 Å². The van der Waals surface area contributed by atoms with Crippen molar-refractivity contribution in [2.75, 3.05) is 19.6 Å². The minimum atomic E-state index is 0.0521. The molecule has 20 heavy (non-hydrogen) atoms. The van der Waals surface area contributed by atoms with Crippen molar-refractivity contribution in [1.82, 2.24) is 10.2 Å². The molecule has 3 rings (SSSR count). The number of carbonyl (C=O) groups excluding carboxylic acids is 1. The summed E-state index contributed by atoms with van der Waals surface area (Å²) in [5, 5.41) is 3.64. The molecule has 1 saturated carbocycles. The summed E-state index contributed by atoms with van der Waals surface area (Å²) in [6, 6.07) is 2.51. The van der Waals surface area contributed by atoms with Crippen LogP contribution in [0.15, 0.2) is 10.5 Å². The Labute approximate surface area is 120 Å². The summed E-state index contributed by atoms with van der Waals surface area (Å²) in [6.45, 7) is 6.65. The van der Waals surface area contributed by atoms with Gasteiger partial charge >= 0.3 is 0 Å². The molecule has 1 aliphatic carbocycles. The second kappa shape index (κ2) is 5.60. The summed E-state index contributed by atoms with van der Waals surface area (Å²) < 4.78 is 5.54. The lowest BCUT2D eigenvalue weighted by molar-refractivity contribution is 0.0670. The molecule has 2 aliphatic rings. The van der Waals surface area contributed by atoms with Crippen molar-refractivity contribution < 1.29 is 9.21 Å². The summed E-state index contributed by atoms with van der Waals surface area (Å²) in [7, 11) is 0. The minimum Gasteiger partial charge on any atom is -0.456 e. The van der Waals surface area contributed by atoms with Crippen LogP contribution in [0.3, 0.4) is 0 Å². The lowest BCUT2D eigenvalue weighted by Crippen LogP contribution is -2.45. The first kappa shape index (κ1) is 13.7. The number of piperidine rings is 1. The normalized spacial score (nSPS) is 20.4. The first-order valence-corrected chi connectivity index (χ1v) is 7.73. The fourth-order valence-corrected chi connectivity index (χ4v) is 2.94. The molecule has 0 aromatic carbocycles. The van der Waals surface area contributed by atoms with Gasteiger partial charge in [0.05, 0.1) is 0 Å². The lowest BCUT2D eigenvalue weighted by Gasteiger charge is -2.32. The minimum absolute atomic E-state index is 0.0521. The SMILES string of the molecule is Cc1cc(C)c(C(=O)N2CCC(NCC3CC3)CC2)o1. The third kappa shape index (κ3) is 3.06. The van der Waals surface area contributed by atoms with E-state index in [2.05, 4.69) is 5.32 Å². The molecule has 0 spiro atoms. The Bertz CT molecular complexity index is 483. The molecule has 2 heterocycles. The zero-order valence-corrected chi connectivity index (χ0v) is 12.4. The van der Waals surface area contributed by atoms with Crippen molar-refractivity contribution in [2.45, 2.75) is 45.6 Å². The van der Waals surface area contributed by atoms with Crippen LogP contribution in [0.4, 0.5) is 0 Å². The number of hydrogen-bond acceptors (Lipinski definition) is 3. The zero-order chi connectivity index (χ0) is 14.1. The van der Waals surface area contributed by atoms with Crippen molar-refractivity contribution in [3.05, 3.63) is 23.2 Å². The average molecular weight is 276 g/mol. The van der Waals surface area contributed by atoms with Gasteiger partial charge in [-0.05, 0) is 58.1 Å². The van der Waals surface area contributed by atoms with Gasteiger partial charge in [0.25, 0.3) is 5.91 Å². The maximum Gasteiger partial charge on any atom is 0.289 e. The Kier molecular flexibility index (Phi) is 3.83. The molecule has 0 unspecified atom stereocenters. The van der Waals surface area contributed by atoms with Gasteiger partial charge in [0.2, 0.25) is 0 Å². The molecule has 1 aliphatic heterocycles.